The van der Waals surface area contributed by atoms with Crippen molar-refractivity contribution in [1.29, 1.82) is 0 Å². The second-order valence-corrected chi connectivity index (χ2v) is 11.1. The summed E-state index contributed by atoms with van der Waals surface area (Å²) in [6.07, 6.45) is 1.80. The molecule has 0 aliphatic carbocycles. The van der Waals surface area contributed by atoms with Crippen LogP contribution in [0.2, 0.25) is 0 Å². The first-order valence-corrected chi connectivity index (χ1v) is 15.0. The Hall–Kier alpha value is -2.92. The topological polar surface area (TPSA) is 103 Å². The maximum Gasteiger partial charge on any atom is 0.253 e. The summed E-state index contributed by atoms with van der Waals surface area (Å²) in [7, 11) is 1.85. The van der Waals surface area contributed by atoms with Crippen molar-refractivity contribution in [2.24, 2.45) is 0 Å². The van der Waals surface area contributed by atoms with Crippen molar-refractivity contribution in [1.82, 2.24) is 20.9 Å². The molecule has 1 aliphatic heterocycles. The van der Waals surface area contributed by atoms with Gasteiger partial charge in [0, 0.05) is 42.9 Å². The third kappa shape index (κ3) is 9.83. The number of aliphatic hydroxyl groups excluding tert-OH is 1. The van der Waals surface area contributed by atoms with E-state index in [2.05, 4.69) is 16.0 Å². The van der Waals surface area contributed by atoms with Crippen LogP contribution in [0.1, 0.15) is 71.4 Å². The molecule has 0 spiro atoms. The second kappa shape index (κ2) is 16.6. The van der Waals surface area contributed by atoms with Gasteiger partial charge in [-0.15, -0.1) is 0 Å². The molecule has 1 saturated heterocycles. The molecule has 0 saturated carbocycles. The molecular formula is C32H46F2N4O4. The predicted molar refractivity (Wildman–Crippen MR) is 160 cm³/mol. The first-order valence-electron chi connectivity index (χ1n) is 15.0. The fraction of sp³-hybridized carbons (Fsp3) is 0.562. The van der Waals surface area contributed by atoms with Crippen molar-refractivity contribution in [3.05, 3.63) is 70.3 Å². The highest BCUT2D eigenvalue weighted by atomic mass is 19.1. The number of carbonyl (C=O) groups is 2. The standard InChI is InChI=1S/C32H46F2N4O4/c1-5-10-38(11-6-2)32(41)24-14-21(3)13-23(18-24)31(40)37-29(17-22-15-25(33)19-26(34)16-22)30(39)28-20-27(7-8-36-28)42-12-9-35-4/h13-16,18-19,27-30,35-36,39H,5-12,17,20H2,1-4H3,(H,37,40). The molecule has 4 N–H and O–H groups in total. The van der Waals surface area contributed by atoms with Crippen LogP contribution >= 0.6 is 0 Å². The Kier molecular flexibility index (Phi) is 13.3. The first-order chi connectivity index (χ1) is 20.1. The molecule has 2 aromatic carbocycles. The van der Waals surface area contributed by atoms with Crippen LogP contribution in [0.4, 0.5) is 8.78 Å². The maximum atomic E-state index is 14.0. The molecule has 42 heavy (non-hydrogen) atoms. The molecule has 10 heteroatoms. The number of nitrogens with one attached hydrogen (secondary N) is 3. The van der Waals surface area contributed by atoms with Gasteiger partial charge in [0.15, 0.2) is 0 Å². The number of carbonyl (C=O) groups excluding carboxylic acids is 2. The van der Waals surface area contributed by atoms with Crippen LogP contribution in [0.3, 0.4) is 0 Å². The van der Waals surface area contributed by atoms with E-state index in [1.54, 1.807) is 23.1 Å². The van der Waals surface area contributed by atoms with Crippen LogP contribution in [0.5, 0.6) is 0 Å². The number of ether oxygens (including phenoxy) is 1. The van der Waals surface area contributed by atoms with Crippen LogP contribution in [0, 0.1) is 18.6 Å². The van der Waals surface area contributed by atoms with Crippen molar-refractivity contribution in [2.45, 2.75) is 77.2 Å². The van der Waals surface area contributed by atoms with Gasteiger partial charge in [0.2, 0.25) is 0 Å². The van der Waals surface area contributed by atoms with Gasteiger partial charge in [0.05, 0.1) is 24.9 Å². The van der Waals surface area contributed by atoms with Gasteiger partial charge >= 0.3 is 0 Å². The molecule has 4 unspecified atom stereocenters. The average Bonchev–Trinajstić information content (AvgIpc) is 2.95. The Morgan fingerprint density at radius 2 is 1.74 bits per heavy atom. The van der Waals surface area contributed by atoms with E-state index in [9.17, 15) is 23.5 Å². The normalized spacial score (nSPS) is 18.4. The fourth-order valence-electron chi connectivity index (χ4n) is 5.50. The Morgan fingerprint density at radius 3 is 2.38 bits per heavy atom. The minimum atomic E-state index is -1.08. The van der Waals surface area contributed by atoms with Gasteiger partial charge in [0.25, 0.3) is 11.8 Å². The summed E-state index contributed by atoms with van der Waals surface area (Å²) in [6.45, 7) is 8.95. The molecule has 1 fully saturated rings. The lowest BCUT2D eigenvalue weighted by atomic mass is 9.90. The zero-order valence-electron chi connectivity index (χ0n) is 25.2. The second-order valence-electron chi connectivity index (χ2n) is 11.1. The van der Waals surface area contributed by atoms with Gasteiger partial charge in [-0.1, -0.05) is 13.8 Å². The summed E-state index contributed by atoms with van der Waals surface area (Å²) in [5.41, 5.74) is 1.75. The predicted octanol–water partition coefficient (Wildman–Crippen LogP) is 3.59. The van der Waals surface area contributed by atoms with E-state index in [4.69, 9.17) is 4.74 Å². The third-order valence-corrected chi connectivity index (χ3v) is 7.47. The van der Waals surface area contributed by atoms with Gasteiger partial charge in [0.1, 0.15) is 11.6 Å². The smallest absolute Gasteiger partial charge is 0.253 e. The number of nitrogens with zero attached hydrogens (tertiary/aromatic N) is 1. The van der Waals surface area contributed by atoms with Gasteiger partial charge in [-0.3, -0.25) is 9.59 Å². The molecule has 1 aliphatic rings. The van der Waals surface area contributed by atoms with E-state index in [1.165, 1.54) is 12.1 Å². The van der Waals surface area contributed by atoms with Crippen molar-refractivity contribution in [3.63, 3.8) is 0 Å². The maximum absolute atomic E-state index is 14.0. The highest BCUT2D eigenvalue weighted by Crippen LogP contribution is 2.21. The molecule has 1 heterocycles. The Balaban J connectivity index is 1.85. The third-order valence-electron chi connectivity index (χ3n) is 7.47. The molecule has 232 valence electrons. The number of benzene rings is 2. The van der Waals surface area contributed by atoms with Crippen LogP contribution in [-0.4, -0.2) is 85.9 Å². The van der Waals surface area contributed by atoms with Crippen LogP contribution < -0.4 is 16.0 Å². The molecule has 8 nitrogen and oxygen atoms in total. The minimum absolute atomic E-state index is 0.00340. The van der Waals surface area contributed by atoms with Crippen molar-refractivity contribution < 1.29 is 28.2 Å². The molecule has 3 rings (SSSR count). The highest BCUT2D eigenvalue weighted by Gasteiger charge is 2.34. The number of rotatable bonds is 15. The van der Waals surface area contributed by atoms with Crippen molar-refractivity contribution >= 4 is 11.8 Å². The molecule has 4 atom stereocenters. The molecule has 0 radical (unpaired) electrons. The first kappa shape index (κ1) is 33.6. The van der Waals surface area contributed by atoms with Gasteiger partial charge in [-0.05, 0) is 94.1 Å². The lowest BCUT2D eigenvalue weighted by Gasteiger charge is -2.37. The van der Waals surface area contributed by atoms with Crippen LogP contribution in [-0.2, 0) is 11.2 Å². The Morgan fingerprint density at radius 1 is 1.07 bits per heavy atom. The highest BCUT2D eigenvalue weighted by molar-refractivity contribution is 6.00. The molecule has 0 aromatic heterocycles. The molecule has 2 aromatic rings. The van der Waals surface area contributed by atoms with E-state index in [0.29, 0.717) is 50.3 Å². The van der Waals surface area contributed by atoms with Gasteiger partial charge in [-0.2, -0.15) is 0 Å². The SMILES string of the molecule is CCCN(CCC)C(=O)c1cc(C)cc(C(=O)NC(Cc2cc(F)cc(F)c2)C(O)C2CC(OCCNC)CCN2)c1. The number of piperidine rings is 1. The van der Waals surface area contributed by atoms with E-state index in [1.807, 2.05) is 27.8 Å². The van der Waals surface area contributed by atoms with E-state index in [-0.39, 0.29) is 24.0 Å². The largest absolute Gasteiger partial charge is 0.389 e. The molecule has 2 amide bonds. The number of halogens is 2. The monoisotopic (exact) mass is 588 g/mol. The Labute approximate surface area is 248 Å². The lowest BCUT2D eigenvalue weighted by molar-refractivity contribution is -0.00606. The number of hydrogen-bond acceptors (Lipinski definition) is 6. The molecule has 0 bridgehead atoms. The Bertz CT molecular complexity index is 1150. The van der Waals surface area contributed by atoms with E-state index in [0.717, 1.165) is 30.9 Å². The quantitative estimate of drug-likeness (QED) is 0.237. The number of aliphatic hydroxyl groups is 1. The van der Waals surface area contributed by atoms with Crippen molar-refractivity contribution in [2.75, 3.05) is 39.8 Å². The number of hydrogen-bond donors (Lipinski definition) is 4. The summed E-state index contributed by atoms with van der Waals surface area (Å²) in [4.78, 5) is 28.7. The van der Waals surface area contributed by atoms with E-state index >= 15 is 0 Å². The van der Waals surface area contributed by atoms with E-state index < -0.39 is 35.7 Å². The lowest BCUT2D eigenvalue weighted by Crippen LogP contribution is -2.57. The summed E-state index contributed by atoms with van der Waals surface area (Å²) in [5.74, 6) is -2.09. The number of likely N-dealkylation sites (N-methyl/N-ethyl adjacent to an activating group) is 1. The van der Waals surface area contributed by atoms with Crippen LogP contribution in [0.15, 0.2) is 36.4 Å². The minimum Gasteiger partial charge on any atom is -0.389 e. The van der Waals surface area contributed by atoms with Gasteiger partial charge < -0.3 is 30.7 Å². The number of amides is 2. The van der Waals surface area contributed by atoms with Crippen LogP contribution in [0.25, 0.3) is 0 Å². The summed E-state index contributed by atoms with van der Waals surface area (Å²) < 4.78 is 34.0. The fourth-order valence-corrected chi connectivity index (χ4v) is 5.50. The number of aryl methyl sites for hydroxylation is 1. The van der Waals surface area contributed by atoms with Gasteiger partial charge in [-0.25, -0.2) is 8.78 Å². The summed E-state index contributed by atoms with van der Waals surface area (Å²) >= 11 is 0. The zero-order valence-corrected chi connectivity index (χ0v) is 25.2. The van der Waals surface area contributed by atoms with Crippen molar-refractivity contribution in [3.8, 4) is 0 Å². The molecular weight excluding hydrogens is 542 g/mol. The average molecular weight is 589 g/mol. The summed E-state index contributed by atoms with van der Waals surface area (Å²) in [6, 6.07) is 6.93. The zero-order chi connectivity index (χ0) is 30.6. The summed E-state index contributed by atoms with van der Waals surface area (Å²) in [5, 5.41) is 20.8.